The summed E-state index contributed by atoms with van der Waals surface area (Å²) < 4.78 is 0. The van der Waals surface area contributed by atoms with Gasteiger partial charge in [0.15, 0.2) is 0 Å². The molecule has 3 N–H and O–H groups in total. The van der Waals surface area contributed by atoms with Gasteiger partial charge in [0.2, 0.25) is 11.9 Å². The Kier molecular flexibility index (Phi) is 1.39. The molecule has 1 heterocycles. The summed E-state index contributed by atoms with van der Waals surface area (Å²) in [6.45, 7) is 2.13. The highest BCUT2D eigenvalue weighted by atomic mass is 15.2. The molecule has 0 amide bonds. The van der Waals surface area contributed by atoms with Crippen molar-refractivity contribution < 1.29 is 0 Å². The van der Waals surface area contributed by atoms with Gasteiger partial charge in [-0.25, -0.2) is 9.97 Å². The van der Waals surface area contributed by atoms with Crippen LogP contribution in [-0.4, -0.2) is 20.5 Å². The van der Waals surface area contributed by atoms with Crippen LogP contribution < -0.4 is 11.1 Å². The van der Waals surface area contributed by atoms with E-state index in [0.29, 0.717) is 5.95 Å². The quantitative estimate of drug-likeness (QED) is 0.664. The molecule has 0 aliphatic heterocycles. The molecule has 5 nitrogen and oxygen atoms in total. The highest BCUT2D eigenvalue weighted by molar-refractivity contribution is 5.34. The molecule has 0 atom stereocenters. The minimum atomic E-state index is 0.188. The third kappa shape index (κ3) is 1.44. The van der Waals surface area contributed by atoms with E-state index < -0.39 is 0 Å². The number of aromatic nitrogens is 3. The molecule has 12 heavy (non-hydrogen) atoms. The molecule has 0 aromatic carbocycles. The summed E-state index contributed by atoms with van der Waals surface area (Å²) in [4.78, 5) is 11.6. The highest BCUT2D eigenvalue weighted by Crippen LogP contribution is 2.37. The van der Waals surface area contributed by atoms with E-state index in [4.69, 9.17) is 5.73 Å². The van der Waals surface area contributed by atoms with Crippen LogP contribution >= 0.6 is 0 Å². The third-order valence-corrected chi connectivity index (χ3v) is 2.00. The van der Waals surface area contributed by atoms with Crippen molar-refractivity contribution in [1.29, 1.82) is 0 Å². The number of rotatable bonds is 2. The Bertz CT molecular complexity index is 294. The SMILES string of the molecule is CC1(Nc2ncnc(N)n2)CC1. The first-order valence-electron chi connectivity index (χ1n) is 3.91. The van der Waals surface area contributed by atoms with E-state index in [1.807, 2.05) is 0 Å². The van der Waals surface area contributed by atoms with Crippen LogP contribution in [0.1, 0.15) is 19.8 Å². The summed E-state index contributed by atoms with van der Waals surface area (Å²) in [6, 6.07) is 0. The number of hydrogen-bond acceptors (Lipinski definition) is 5. The molecule has 64 valence electrons. The Hall–Kier alpha value is -1.39. The van der Waals surface area contributed by atoms with Gasteiger partial charge < -0.3 is 11.1 Å². The van der Waals surface area contributed by atoms with E-state index in [-0.39, 0.29) is 11.5 Å². The van der Waals surface area contributed by atoms with Crippen LogP contribution in [0.3, 0.4) is 0 Å². The second-order valence-corrected chi connectivity index (χ2v) is 3.35. The van der Waals surface area contributed by atoms with Gasteiger partial charge >= 0.3 is 0 Å². The molecule has 0 bridgehead atoms. The van der Waals surface area contributed by atoms with E-state index in [1.54, 1.807) is 0 Å². The summed E-state index contributed by atoms with van der Waals surface area (Å²) in [5.41, 5.74) is 5.58. The number of nitrogens with zero attached hydrogens (tertiary/aromatic N) is 3. The van der Waals surface area contributed by atoms with Crippen molar-refractivity contribution in [2.75, 3.05) is 11.1 Å². The molecular formula is C7H11N5. The van der Waals surface area contributed by atoms with Crippen molar-refractivity contribution in [1.82, 2.24) is 15.0 Å². The van der Waals surface area contributed by atoms with Gasteiger partial charge in [-0.15, -0.1) is 0 Å². The van der Waals surface area contributed by atoms with Gasteiger partial charge in [-0.05, 0) is 19.8 Å². The first kappa shape index (κ1) is 7.27. The Morgan fingerprint density at radius 3 is 2.83 bits per heavy atom. The minimum absolute atomic E-state index is 0.188. The molecule has 0 saturated heterocycles. The van der Waals surface area contributed by atoms with Crippen LogP contribution in [0.2, 0.25) is 0 Å². The van der Waals surface area contributed by atoms with Crippen molar-refractivity contribution in [2.45, 2.75) is 25.3 Å². The van der Waals surface area contributed by atoms with Gasteiger partial charge in [0.25, 0.3) is 0 Å². The van der Waals surface area contributed by atoms with Crippen molar-refractivity contribution in [3.05, 3.63) is 6.33 Å². The zero-order valence-electron chi connectivity index (χ0n) is 6.91. The number of hydrogen-bond donors (Lipinski definition) is 2. The molecular weight excluding hydrogens is 154 g/mol. The van der Waals surface area contributed by atoms with Crippen LogP contribution in [0.5, 0.6) is 0 Å². The Morgan fingerprint density at radius 1 is 1.50 bits per heavy atom. The lowest BCUT2D eigenvalue weighted by Gasteiger charge is -2.09. The first-order chi connectivity index (χ1) is 5.68. The largest absolute Gasteiger partial charge is 0.368 e. The van der Waals surface area contributed by atoms with Crippen molar-refractivity contribution >= 4 is 11.9 Å². The fourth-order valence-electron chi connectivity index (χ4n) is 0.952. The van der Waals surface area contributed by atoms with Crippen molar-refractivity contribution in [3.63, 3.8) is 0 Å². The topological polar surface area (TPSA) is 76.7 Å². The molecule has 0 radical (unpaired) electrons. The van der Waals surface area contributed by atoms with E-state index in [1.165, 1.54) is 19.2 Å². The van der Waals surface area contributed by atoms with Gasteiger partial charge in [0.1, 0.15) is 6.33 Å². The van der Waals surface area contributed by atoms with Gasteiger partial charge in [-0.2, -0.15) is 4.98 Å². The maximum absolute atomic E-state index is 5.40. The number of nitrogen functional groups attached to an aromatic ring is 1. The number of nitrogens with one attached hydrogen (secondary N) is 1. The molecule has 0 unspecified atom stereocenters. The Morgan fingerprint density at radius 2 is 2.25 bits per heavy atom. The number of nitrogens with two attached hydrogens (primary N) is 1. The van der Waals surface area contributed by atoms with E-state index in [0.717, 1.165) is 0 Å². The first-order valence-corrected chi connectivity index (χ1v) is 3.91. The standard InChI is InChI=1S/C7H11N5/c1-7(2-3-7)12-6-10-4-9-5(8)11-6/h4H,2-3H2,1H3,(H3,8,9,10,11,12). The average Bonchev–Trinajstić information content (AvgIpc) is 2.67. The zero-order chi connectivity index (χ0) is 8.60. The lowest BCUT2D eigenvalue weighted by atomic mass is 10.3. The lowest BCUT2D eigenvalue weighted by Crippen LogP contribution is -2.18. The van der Waals surface area contributed by atoms with E-state index >= 15 is 0 Å². The molecule has 1 saturated carbocycles. The fraction of sp³-hybridized carbons (Fsp3) is 0.571. The van der Waals surface area contributed by atoms with Gasteiger partial charge in [0, 0.05) is 5.54 Å². The van der Waals surface area contributed by atoms with Gasteiger partial charge in [-0.1, -0.05) is 0 Å². The van der Waals surface area contributed by atoms with Crippen LogP contribution in [0.25, 0.3) is 0 Å². The molecule has 1 aliphatic carbocycles. The smallest absolute Gasteiger partial charge is 0.227 e. The second kappa shape index (κ2) is 2.30. The monoisotopic (exact) mass is 165 g/mol. The fourth-order valence-corrected chi connectivity index (χ4v) is 0.952. The van der Waals surface area contributed by atoms with Crippen LogP contribution in [0.15, 0.2) is 6.33 Å². The predicted octanol–water partition coefficient (Wildman–Crippen LogP) is 0.418. The lowest BCUT2D eigenvalue weighted by molar-refractivity contribution is 0.806. The highest BCUT2D eigenvalue weighted by Gasteiger charge is 2.37. The van der Waals surface area contributed by atoms with E-state index in [2.05, 4.69) is 27.2 Å². The van der Waals surface area contributed by atoms with Crippen LogP contribution in [0.4, 0.5) is 11.9 Å². The summed E-state index contributed by atoms with van der Waals surface area (Å²) in [7, 11) is 0. The van der Waals surface area contributed by atoms with Crippen LogP contribution in [0, 0.1) is 0 Å². The van der Waals surface area contributed by atoms with Crippen molar-refractivity contribution in [2.24, 2.45) is 0 Å². The van der Waals surface area contributed by atoms with Gasteiger partial charge in [-0.3, -0.25) is 0 Å². The predicted molar refractivity (Wildman–Crippen MR) is 45.5 cm³/mol. The van der Waals surface area contributed by atoms with Crippen molar-refractivity contribution in [3.8, 4) is 0 Å². The summed E-state index contributed by atoms with van der Waals surface area (Å²) >= 11 is 0. The third-order valence-electron chi connectivity index (χ3n) is 2.00. The van der Waals surface area contributed by atoms with E-state index in [9.17, 15) is 0 Å². The zero-order valence-corrected chi connectivity index (χ0v) is 6.91. The maximum Gasteiger partial charge on any atom is 0.227 e. The maximum atomic E-state index is 5.40. The molecule has 1 fully saturated rings. The molecule has 1 aliphatic rings. The summed E-state index contributed by atoms with van der Waals surface area (Å²) in [6.07, 6.45) is 3.74. The normalized spacial score (nSPS) is 18.8. The summed E-state index contributed by atoms with van der Waals surface area (Å²) in [5, 5.41) is 3.19. The molecule has 1 aromatic heterocycles. The Balaban J connectivity index is 2.12. The van der Waals surface area contributed by atoms with Gasteiger partial charge in [0.05, 0.1) is 0 Å². The molecule has 1 aromatic rings. The van der Waals surface area contributed by atoms with Crippen LogP contribution in [-0.2, 0) is 0 Å². The Labute approximate surface area is 70.4 Å². The molecule has 5 heteroatoms. The second-order valence-electron chi connectivity index (χ2n) is 3.35. The average molecular weight is 165 g/mol. The molecule has 0 spiro atoms. The molecule has 2 rings (SSSR count). The summed E-state index contributed by atoms with van der Waals surface area (Å²) in [5.74, 6) is 0.833. The number of anilines is 2. The minimum Gasteiger partial charge on any atom is -0.368 e.